The third-order valence-corrected chi connectivity index (χ3v) is 4.07. The summed E-state index contributed by atoms with van der Waals surface area (Å²) >= 11 is 1.69. The summed E-state index contributed by atoms with van der Waals surface area (Å²) in [5.74, 6) is 0.654. The molecule has 1 rings (SSSR count). The predicted octanol–water partition coefficient (Wildman–Crippen LogP) is 2.69. The highest BCUT2D eigenvalue weighted by Gasteiger charge is 2.05. The molecule has 0 unspecified atom stereocenters. The minimum Gasteiger partial charge on any atom is -0.379 e. The molecule has 2 N–H and O–H groups in total. The molecule has 0 atom stereocenters. The number of carbonyl (C=O) groups excluding carboxylic acids is 1. The predicted molar refractivity (Wildman–Crippen MR) is 116 cm³/mol. The Morgan fingerprint density at radius 2 is 2.08 bits per heavy atom. The Bertz CT molecular complexity index is 493. The van der Waals surface area contributed by atoms with Gasteiger partial charge in [0.1, 0.15) is 6.54 Å². The van der Waals surface area contributed by atoms with E-state index in [0.717, 1.165) is 26.0 Å². The summed E-state index contributed by atoms with van der Waals surface area (Å²) in [5, 5.41) is 8.60. The zero-order chi connectivity index (χ0) is 17.8. The van der Waals surface area contributed by atoms with Gasteiger partial charge in [-0.25, -0.2) is 4.99 Å². The molecule has 0 bridgehead atoms. The van der Waals surface area contributed by atoms with Crippen molar-refractivity contribution >= 4 is 47.2 Å². The van der Waals surface area contributed by atoms with Gasteiger partial charge in [0.2, 0.25) is 5.91 Å². The standard InChI is InChI=1S/C17H30N4O2S.HI/c1-14(2)23-10-6-5-9-18-17(20-13-16(22)21(3)4)19-12-15-8-7-11-24-15;/h7-8,11,14H,5-6,9-10,12-13H2,1-4H3,(H2,18,19,20);1H. The van der Waals surface area contributed by atoms with Crippen LogP contribution in [0.4, 0.5) is 0 Å². The third-order valence-electron chi connectivity index (χ3n) is 3.20. The molecule has 144 valence electrons. The number of amides is 1. The number of unbranched alkanes of at least 4 members (excludes halogenated alkanes) is 1. The first-order chi connectivity index (χ1) is 11.5. The SMILES string of the molecule is CC(C)OCCCCNC(=NCC(=O)N(C)C)NCc1cccs1.I. The molecule has 0 aliphatic heterocycles. The summed E-state index contributed by atoms with van der Waals surface area (Å²) in [6, 6.07) is 4.10. The largest absolute Gasteiger partial charge is 0.379 e. The Morgan fingerprint density at radius 3 is 2.68 bits per heavy atom. The van der Waals surface area contributed by atoms with Crippen LogP contribution in [0.2, 0.25) is 0 Å². The first kappa shape index (κ1) is 24.1. The van der Waals surface area contributed by atoms with Crippen LogP contribution in [-0.2, 0) is 16.1 Å². The normalized spacial score (nSPS) is 11.2. The number of nitrogens with zero attached hydrogens (tertiary/aromatic N) is 2. The lowest BCUT2D eigenvalue weighted by Gasteiger charge is -2.13. The van der Waals surface area contributed by atoms with Crippen molar-refractivity contribution in [1.29, 1.82) is 0 Å². The maximum absolute atomic E-state index is 11.7. The first-order valence-corrected chi connectivity index (χ1v) is 9.23. The summed E-state index contributed by atoms with van der Waals surface area (Å²) in [4.78, 5) is 18.9. The fraction of sp³-hybridized carbons (Fsp3) is 0.647. The van der Waals surface area contributed by atoms with E-state index in [-0.39, 0.29) is 42.5 Å². The number of halogens is 1. The minimum atomic E-state index is -0.0162. The molecule has 0 fully saturated rings. The number of likely N-dealkylation sites (N-methyl/N-ethyl adjacent to an activating group) is 1. The van der Waals surface area contributed by atoms with Crippen molar-refractivity contribution in [3.63, 3.8) is 0 Å². The van der Waals surface area contributed by atoms with Crippen LogP contribution < -0.4 is 10.6 Å². The molecule has 8 heteroatoms. The van der Waals surface area contributed by atoms with Gasteiger partial charge in [0.25, 0.3) is 0 Å². The molecule has 0 aromatic carbocycles. The van der Waals surface area contributed by atoms with Crippen molar-refractivity contribution in [2.75, 3.05) is 33.8 Å². The van der Waals surface area contributed by atoms with Gasteiger partial charge in [0, 0.05) is 32.1 Å². The molecule has 1 aromatic rings. The monoisotopic (exact) mass is 482 g/mol. The second kappa shape index (κ2) is 14.3. The molecule has 0 aliphatic carbocycles. The van der Waals surface area contributed by atoms with Gasteiger partial charge in [0.15, 0.2) is 5.96 Å². The number of ether oxygens (including phenoxy) is 1. The molecule has 0 aliphatic rings. The van der Waals surface area contributed by atoms with Crippen molar-refractivity contribution in [2.24, 2.45) is 4.99 Å². The second-order valence-corrected chi connectivity index (χ2v) is 6.97. The van der Waals surface area contributed by atoms with E-state index in [1.165, 1.54) is 4.88 Å². The minimum absolute atomic E-state index is 0. The van der Waals surface area contributed by atoms with E-state index in [0.29, 0.717) is 12.5 Å². The molecular weight excluding hydrogens is 451 g/mol. The van der Waals surface area contributed by atoms with Gasteiger partial charge in [0.05, 0.1) is 12.6 Å². The molecule has 0 radical (unpaired) electrons. The van der Waals surface area contributed by atoms with Crippen LogP contribution in [0, 0.1) is 0 Å². The molecule has 0 saturated carbocycles. The van der Waals surface area contributed by atoms with Crippen molar-refractivity contribution in [3.8, 4) is 0 Å². The van der Waals surface area contributed by atoms with Crippen LogP contribution >= 0.6 is 35.3 Å². The van der Waals surface area contributed by atoms with E-state index in [4.69, 9.17) is 4.74 Å². The van der Waals surface area contributed by atoms with Gasteiger partial charge in [-0.1, -0.05) is 6.07 Å². The van der Waals surface area contributed by atoms with Gasteiger partial charge in [-0.05, 0) is 38.1 Å². The van der Waals surface area contributed by atoms with Gasteiger partial charge in [-0.3, -0.25) is 4.79 Å². The third kappa shape index (κ3) is 12.2. The molecule has 6 nitrogen and oxygen atoms in total. The zero-order valence-corrected chi connectivity index (χ0v) is 18.7. The van der Waals surface area contributed by atoms with Crippen LogP contribution in [-0.4, -0.2) is 56.7 Å². The number of thiophene rings is 1. The summed E-state index contributed by atoms with van der Waals surface area (Å²) in [5.41, 5.74) is 0. The average Bonchev–Trinajstić information content (AvgIpc) is 3.05. The quantitative estimate of drug-likeness (QED) is 0.233. The average molecular weight is 482 g/mol. The Morgan fingerprint density at radius 1 is 1.32 bits per heavy atom. The summed E-state index contributed by atoms with van der Waals surface area (Å²) in [6.45, 7) is 6.50. The lowest BCUT2D eigenvalue weighted by atomic mass is 10.3. The first-order valence-electron chi connectivity index (χ1n) is 8.35. The van der Waals surface area contributed by atoms with Gasteiger partial charge in [-0.15, -0.1) is 35.3 Å². The lowest BCUT2D eigenvalue weighted by molar-refractivity contribution is -0.127. The number of hydrogen-bond donors (Lipinski definition) is 2. The van der Waals surface area contributed by atoms with E-state index < -0.39 is 0 Å². The fourth-order valence-corrected chi connectivity index (χ4v) is 2.44. The summed E-state index contributed by atoms with van der Waals surface area (Å²) < 4.78 is 5.53. The summed E-state index contributed by atoms with van der Waals surface area (Å²) in [7, 11) is 3.47. The van der Waals surface area contributed by atoms with Crippen LogP contribution in [0.5, 0.6) is 0 Å². The van der Waals surface area contributed by atoms with E-state index in [1.54, 1.807) is 30.3 Å². The van der Waals surface area contributed by atoms with E-state index in [1.807, 2.05) is 25.3 Å². The molecule has 0 spiro atoms. The van der Waals surface area contributed by atoms with E-state index in [9.17, 15) is 4.79 Å². The maximum Gasteiger partial charge on any atom is 0.243 e. The van der Waals surface area contributed by atoms with Crippen LogP contribution in [0.15, 0.2) is 22.5 Å². The Labute approximate surface area is 172 Å². The Kier molecular flexibility index (Phi) is 13.8. The van der Waals surface area contributed by atoms with Crippen LogP contribution in [0.3, 0.4) is 0 Å². The Balaban J connectivity index is 0.00000576. The molecule has 0 saturated heterocycles. The van der Waals surface area contributed by atoms with Crippen LogP contribution in [0.25, 0.3) is 0 Å². The number of guanidine groups is 1. The molecular formula is C17H31IN4O2S. The van der Waals surface area contributed by atoms with Gasteiger partial charge < -0.3 is 20.3 Å². The number of hydrogen-bond acceptors (Lipinski definition) is 4. The smallest absolute Gasteiger partial charge is 0.243 e. The highest BCUT2D eigenvalue weighted by Crippen LogP contribution is 2.07. The topological polar surface area (TPSA) is 66.0 Å². The van der Waals surface area contributed by atoms with Crippen LogP contribution in [0.1, 0.15) is 31.6 Å². The van der Waals surface area contributed by atoms with Crippen molar-refractivity contribution in [3.05, 3.63) is 22.4 Å². The Hall–Kier alpha value is -0.870. The van der Waals surface area contributed by atoms with Gasteiger partial charge >= 0.3 is 0 Å². The highest BCUT2D eigenvalue weighted by molar-refractivity contribution is 14.0. The zero-order valence-electron chi connectivity index (χ0n) is 15.6. The number of rotatable bonds is 10. The maximum atomic E-state index is 11.7. The molecule has 1 aromatic heterocycles. The molecule has 1 heterocycles. The van der Waals surface area contributed by atoms with E-state index in [2.05, 4.69) is 21.7 Å². The molecule has 25 heavy (non-hydrogen) atoms. The number of nitrogens with one attached hydrogen (secondary N) is 2. The van der Waals surface area contributed by atoms with Crippen molar-refractivity contribution in [2.45, 2.75) is 39.3 Å². The second-order valence-electron chi connectivity index (χ2n) is 5.94. The van der Waals surface area contributed by atoms with Crippen molar-refractivity contribution < 1.29 is 9.53 Å². The van der Waals surface area contributed by atoms with E-state index >= 15 is 0 Å². The summed E-state index contributed by atoms with van der Waals surface area (Å²) in [6.07, 6.45) is 2.27. The molecule has 1 amide bonds. The van der Waals surface area contributed by atoms with Crippen molar-refractivity contribution in [1.82, 2.24) is 15.5 Å². The lowest BCUT2D eigenvalue weighted by Crippen LogP contribution is -2.38. The number of carbonyl (C=O) groups is 1. The highest BCUT2D eigenvalue weighted by atomic mass is 127. The van der Waals surface area contributed by atoms with Gasteiger partial charge in [-0.2, -0.15) is 0 Å². The number of aliphatic imine (C=N–C) groups is 1. The fourth-order valence-electron chi connectivity index (χ4n) is 1.80.